The smallest absolute Gasteiger partial charge is 0.341 e. The summed E-state index contributed by atoms with van der Waals surface area (Å²) in [6.07, 6.45) is 1.49. The van der Waals surface area contributed by atoms with Gasteiger partial charge in [0.25, 0.3) is 5.69 Å². The van der Waals surface area contributed by atoms with Crippen molar-refractivity contribution in [2.45, 2.75) is 16.4 Å². The van der Waals surface area contributed by atoms with Crippen LogP contribution in [0.3, 0.4) is 0 Å². The van der Waals surface area contributed by atoms with Crippen molar-refractivity contribution in [1.82, 2.24) is 0 Å². The number of hydrogen-bond donors (Lipinski definition) is 1. The Hall–Kier alpha value is -2.11. The van der Waals surface area contributed by atoms with Crippen molar-refractivity contribution in [2.24, 2.45) is 0 Å². The van der Waals surface area contributed by atoms with Gasteiger partial charge in [0, 0.05) is 39.6 Å². The molecule has 0 heterocycles. The van der Waals surface area contributed by atoms with Crippen molar-refractivity contribution in [1.29, 1.82) is 0 Å². The SMILES string of the molecule is CS(=O)Cc1cc(Nc2ccc(S(=O)(=O)C(F)F)cc2[N+](=O)[O-])ccc1Cl. The van der Waals surface area contributed by atoms with Crippen LogP contribution in [0.4, 0.5) is 25.8 Å². The van der Waals surface area contributed by atoms with E-state index in [-0.39, 0.29) is 11.4 Å². The molecule has 2 aromatic rings. The summed E-state index contributed by atoms with van der Waals surface area (Å²) < 4.78 is 59.7. The summed E-state index contributed by atoms with van der Waals surface area (Å²) >= 11 is 6.02. The predicted octanol–water partition coefficient (Wildman–Crippen LogP) is 3.87. The minimum Gasteiger partial charge on any atom is -0.350 e. The first kappa shape index (κ1) is 21.2. The molecule has 0 spiro atoms. The van der Waals surface area contributed by atoms with E-state index in [9.17, 15) is 31.5 Å². The van der Waals surface area contributed by atoms with Gasteiger partial charge in [0.05, 0.1) is 9.82 Å². The van der Waals surface area contributed by atoms with Crippen LogP contribution < -0.4 is 5.32 Å². The highest BCUT2D eigenvalue weighted by molar-refractivity contribution is 7.91. The van der Waals surface area contributed by atoms with Gasteiger partial charge in [-0.15, -0.1) is 0 Å². The van der Waals surface area contributed by atoms with Gasteiger partial charge < -0.3 is 5.32 Å². The summed E-state index contributed by atoms with van der Waals surface area (Å²) in [6, 6.07) is 7.01. The molecular weight excluding hydrogens is 426 g/mol. The van der Waals surface area contributed by atoms with Crippen LogP contribution in [0, 0.1) is 10.1 Å². The number of anilines is 2. The third kappa shape index (κ3) is 4.99. The third-order valence-corrected chi connectivity index (χ3v) is 5.88. The normalized spacial score (nSPS) is 12.8. The second kappa shape index (κ2) is 8.28. The molecule has 2 rings (SSSR count). The summed E-state index contributed by atoms with van der Waals surface area (Å²) in [4.78, 5) is 9.51. The molecule has 1 unspecified atom stereocenters. The average molecular weight is 439 g/mol. The van der Waals surface area contributed by atoms with Crippen LogP contribution >= 0.6 is 11.6 Å². The Morgan fingerprint density at radius 2 is 1.93 bits per heavy atom. The Morgan fingerprint density at radius 1 is 1.26 bits per heavy atom. The number of hydrogen-bond acceptors (Lipinski definition) is 6. The first-order valence-electron chi connectivity index (χ1n) is 7.18. The highest BCUT2D eigenvalue weighted by Gasteiger charge is 2.29. The minimum atomic E-state index is -4.97. The Balaban J connectivity index is 2.45. The molecule has 12 heteroatoms. The lowest BCUT2D eigenvalue weighted by Gasteiger charge is -2.11. The molecule has 0 aliphatic rings. The molecule has 0 amide bonds. The van der Waals surface area contributed by atoms with Crippen LogP contribution in [0.1, 0.15) is 5.56 Å². The second-order valence-electron chi connectivity index (χ2n) is 5.39. The predicted molar refractivity (Wildman–Crippen MR) is 98.8 cm³/mol. The second-order valence-corrected chi connectivity index (χ2v) is 9.15. The summed E-state index contributed by atoms with van der Waals surface area (Å²) in [5, 5.41) is 14.3. The van der Waals surface area contributed by atoms with Gasteiger partial charge in [0.1, 0.15) is 5.69 Å². The fourth-order valence-electron chi connectivity index (χ4n) is 2.19. The lowest BCUT2D eigenvalue weighted by Crippen LogP contribution is -2.12. The minimum absolute atomic E-state index is 0.0980. The van der Waals surface area contributed by atoms with E-state index in [0.717, 1.165) is 12.1 Å². The molecule has 7 nitrogen and oxygen atoms in total. The van der Waals surface area contributed by atoms with E-state index >= 15 is 0 Å². The molecule has 0 fully saturated rings. The molecule has 0 aliphatic carbocycles. The topological polar surface area (TPSA) is 106 Å². The Kier molecular flexibility index (Phi) is 6.50. The van der Waals surface area contributed by atoms with Gasteiger partial charge >= 0.3 is 5.76 Å². The molecule has 0 saturated carbocycles. The molecule has 0 aromatic heterocycles. The van der Waals surface area contributed by atoms with E-state index in [1.54, 1.807) is 0 Å². The van der Waals surface area contributed by atoms with Crippen molar-refractivity contribution in [3.8, 4) is 0 Å². The first-order valence-corrected chi connectivity index (χ1v) is 10.8. The molecule has 1 N–H and O–H groups in total. The monoisotopic (exact) mass is 438 g/mol. The number of nitrogens with zero attached hydrogens (tertiary/aromatic N) is 1. The summed E-state index contributed by atoms with van der Waals surface area (Å²) in [5.74, 6) is -3.52. The number of nitro groups is 1. The number of nitro benzene ring substituents is 1. The molecule has 27 heavy (non-hydrogen) atoms. The number of sulfone groups is 1. The van der Waals surface area contributed by atoms with Crippen LogP contribution in [-0.4, -0.2) is 29.6 Å². The molecule has 0 radical (unpaired) electrons. The van der Waals surface area contributed by atoms with Crippen molar-refractivity contribution >= 4 is 49.3 Å². The van der Waals surface area contributed by atoms with Crippen molar-refractivity contribution in [3.05, 3.63) is 57.1 Å². The maximum atomic E-state index is 12.7. The maximum Gasteiger partial charge on any atom is 0.341 e. The zero-order valence-corrected chi connectivity index (χ0v) is 16.1. The summed E-state index contributed by atoms with van der Waals surface area (Å²) in [6.45, 7) is 0. The van der Waals surface area contributed by atoms with Crippen molar-refractivity contribution in [2.75, 3.05) is 11.6 Å². The van der Waals surface area contributed by atoms with Gasteiger partial charge in [0.15, 0.2) is 0 Å². The van der Waals surface area contributed by atoms with Crippen LogP contribution in [0.25, 0.3) is 0 Å². The lowest BCUT2D eigenvalue weighted by molar-refractivity contribution is -0.384. The molecular formula is C15H13ClF2N2O5S2. The van der Waals surface area contributed by atoms with Crippen LogP contribution in [0.5, 0.6) is 0 Å². The highest BCUT2D eigenvalue weighted by Crippen LogP contribution is 2.33. The largest absolute Gasteiger partial charge is 0.350 e. The Morgan fingerprint density at radius 3 is 2.48 bits per heavy atom. The number of benzene rings is 2. The van der Waals surface area contributed by atoms with Crippen molar-refractivity contribution in [3.63, 3.8) is 0 Å². The van der Waals surface area contributed by atoms with Gasteiger partial charge in [-0.3, -0.25) is 14.3 Å². The van der Waals surface area contributed by atoms with Gasteiger partial charge in [-0.1, -0.05) is 11.6 Å². The van der Waals surface area contributed by atoms with Crippen LogP contribution in [-0.2, 0) is 26.4 Å². The van der Waals surface area contributed by atoms with Crippen molar-refractivity contribution < 1.29 is 26.3 Å². The van der Waals surface area contributed by atoms with Crippen LogP contribution in [0.2, 0.25) is 5.02 Å². The van der Waals surface area contributed by atoms with Gasteiger partial charge in [0.2, 0.25) is 9.84 Å². The fraction of sp³-hybridized carbons (Fsp3) is 0.200. The Labute approximate surface area is 160 Å². The summed E-state index contributed by atoms with van der Waals surface area (Å²) in [5.41, 5.74) is 0.126. The van der Waals surface area contributed by atoms with E-state index in [1.807, 2.05) is 0 Å². The molecule has 2 aromatic carbocycles. The molecule has 146 valence electrons. The third-order valence-electron chi connectivity index (χ3n) is 3.41. The molecule has 0 bridgehead atoms. The van der Waals surface area contributed by atoms with E-state index < -0.39 is 41.9 Å². The van der Waals surface area contributed by atoms with E-state index in [2.05, 4.69) is 5.32 Å². The zero-order chi connectivity index (χ0) is 20.4. The number of nitrogens with one attached hydrogen (secondary N) is 1. The lowest BCUT2D eigenvalue weighted by atomic mass is 10.2. The van der Waals surface area contributed by atoms with Gasteiger partial charge in [-0.25, -0.2) is 8.42 Å². The maximum absolute atomic E-state index is 12.7. The highest BCUT2D eigenvalue weighted by atomic mass is 35.5. The molecule has 0 aliphatic heterocycles. The fourth-order valence-corrected chi connectivity index (χ4v) is 3.87. The first-order chi connectivity index (χ1) is 12.5. The standard InChI is InChI=1S/C15H13ClF2N2O5S2/c1-26(23)8-9-6-10(2-4-12(9)16)19-13-5-3-11(7-14(13)20(21)22)27(24,25)15(17)18/h2-7,15,19H,8H2,1H3. The number of halogens is 3. The number of alkyl halides is 2. The van der Waals surface area contributed by atoms with Gasteiger partial charge in [-0.05, 0) is 35.9 Å². The molecule has 1 atom stereocenters. The molecule has 0 saturated heterocycles. The average Bonchev–Trinajstić information content (AvgIpc) is 2.57. The van der Waals surface area contributed by atoms with Gasteiger partial charge in [-0.2, -0.15) is 8.78 Å². The quantitative estimate of drug-likeness (QED) is 0.519. The van der Waals surface area contributed by atoms with Crippen LogP contribution in [0.15, 0.2) is 41.3 Å². The number of rotatable bonds is 7. The zero-order valence-electron chi connectivity index (χ0n) is 13.7. The summed E-state index contributed by atoms with van der Waals surface area (Å²) in [7, 11) is -6.13. The van der Waals surface area contributed by atoms with E-state index in [4.69, 9.17) is 11.6 Å². The van der Waals surface area contributed by atoms with E-state index in [0.29, 0.717) is 22.3 Å². The Bertz CT molecular complexity index is 1020. The van der Waals surface area contributed by atoms with E-state index in [1.165, 1.54) is 24.5 Å².